The van der Waals surface area contributed by atoms with Gasteiger partial charge < -0.3 is 18.9 Å². The van der Waals surface area contributed by atoms with Gasteiger partial charge in [0.05, 0.1) is 0 Å². The number of hydrogen-bond acceptors (Lipinski definition) is 6. The van der Waals surface area contributed by atoms with Crippen molar-refractivity contribution in [3.05, 3.63) is 84.0 Å². The molecule has 188 valence electrons. The molecule has 0 atom stereocenters. The maximum atomic E-state index is 11.4. The average molecular weight is 481 g/mol. The summed E-state index contributed by atoms with van der Waals surface area (Å²) in [6, 6.07) is 16.0. The van der Waals surface area contributed by atoms with Crippen LogP contribution in [0.2, 0.25) is 0 Å². The molecule has 0 radical (unpaired) electrons. The number of carbonyl (C=O) groups excluding carboxylic acids is 2. The Morgan fingerprint density at radius 2 is 1.00 bits per heavy atom. The molecule has 0 spiro atoms. The molecule has 0 aliphatic heterocycles. The fourth-order valence-electron chi connectivity index (χ4n) is 3.41. The van der Waals surface area contributed by atoms with Crippen LogP contribution in [0.5, 0.6) is 11.5 Å². The second-order valence-electron chi connectivity index (χ2n) is 9.34. The summed E-state index contributed by atoms with van der Waals surface area (Å²) in [5.41, 5.74) is 3.25. The van der Waals surface area contributed by atoms with Gasteiger partial charge in [0.15, 0.2) is 0 Å². The van der Waals surface area contributed by atoms with Crippen LogP contribution in [0.4, 0.5) is 0 Å². The van der Waals surface area contributed by atoms with E-state index in [1.54, 1.807) is 13.8 Å². The van der Waals surface area contributed by atoms with Crippen LogP contribution in [0.3, 0.4) is 0 Å². The summed E-state index contributed by atoms with van der Waals surface area (Å²) in [6.45, 7) is 15.8. The molecular weight excluding hydrogens is 444 g/mol. The molecule has 6 heteroatoms. The van der Waals surface area contributed by atoms with Crippen molar-refractivity contribution in [3.63, 3.8) is 0 Å². The van der Waals surface area contributed by atoms with Crippen LogP contribution >= 0.6 is 0 Å². The summed E-state index contributed by atoms with van der Waals surface area (Å²) in [6.07, 6.45) is 1.83. The fraction of sp³-hybridized carbons (Fsp3) is 0.379. The van der Waals surface area contributed by atoms with E-state index >= 15 is 0 Å². The number of carbonyl (C=O) groups is 2. The monoisotopic (exact) mass is 480 g/mol. The summed E-state index contributed by atoms with van der Waals surface area (Å²) in [7, 11) is 0. The van der Waals surface area contributed by atoms with Crippen molar-refractivity contribution >= 4 is 11.9 Å². The molecule has 6 nitrogen and oxygen atoms in total. The molecule has 0 fully saturated rings. The highest BCUT2D eigenvalue weighted by molar-refractivity contribution is 5.87. The zero-order valence-corrected chi connectivity index (χ0v) is 21.2. The minimum absolute atomic E-state index is 0.0538. The summed E-state index contributed by atoms with van der Waals surface area (Å²) >= 11 is 0. The molecule has 0 heterocycles. The molecule has 0 aliphatic rings. The number of ether oxygens (including phenoxy) is 4. The van der Waals surface area contributed by atoms with E-state index in [4.69, 9.17) is 18.9 Å². The third-order valence-corrected chi connectivity index (χ3v) is 5.08. The van der Waals surface area contributed by atoms with Crippen LogP contribution in [-0.2, 0) is 31.9 Å². The number of benzene rings is 2. The van der Waals surface area contributed by atoms with Crippen molar-refractivity contribution in [2.45, 2.75) is 40.5 Å². The average Bonchev–Trinajstić information content (AvgIpc) is 2.80. The minimum atomic E-state index is -0.407. The van der Waals surface area contributed by atoms with E-state index in [9.17, 15) is 9.59 Å². The van der Waals surface area contributed by atoms with Gasteiger partial charge in [-0.15, -0.1) is 0 Å². The number of esters is 2. The van der Waals surface area contributed by atoms with Crippen LogP contribution in [0.15, 0.2) is 72.8 Å². The van der Waals surface area contributed by atoms with Gasteiger partial charge in [0.1, 0.15) is 37.9 Å². The highest BCUT2D eigenvalue weighted by Gasteiger charge is 2.19. The minimum Gasteiger partial charge on any atom is -0.490 e. The topological polar surface area (TPSA) is 71.1 Å². The Balaban J connectivity index is 1.77. The van der Waals surface area contributed by atoms with E-state index in [2.05, 4.69) is 51.3 Å². The smallest absolute Gasteiger partial charge is 0.333 e. The number of hydrogen-bond donors (Lipinski definition) is 0. The molecule has 0 unspecified atom stereocenters. The first-order valence-corrected chi connectivity index (χ1v) is 11.6. The van der Waals surface area contributed by atoms with E-state index in [1.807, 2.05) is 24.3 Å². The zero-order valence-electron chi connectivity index (χ0n) is 21.2. The largest absolute Gasteiger partial charge is 0.490 e. The van der Waals surface area contributed by atoms with Gasteiger partial charge in [0, 0.05) is 11.1 Å². The Morgan fingerprint density at radius 3 is 1.31 bits per heavy atom. The van der Waals surface area contributed by atoms with Gasteiger partial charge >= 0.3 is 11.9 Å². The van der Waals surface area contributed by atoms with Gasteiger partial charge in [0.2, 0.25) is 0 Å². The van der Waals surface area contributed by atoms with Gasteiger partial charge in [-0.3, -0.25) is 0 Å². The van der Waals surface area contributed by atoms with Crippen molar-refractivity contribution in [2.75, 3.05) is 26.4 Å². The van der Waals surface area contributed by atoms with Crippen LogP contribution in [-0.4, -0.2) is 38.4 Å². The lowest BCUT2D eigenvalue weighted by atomic mass is 9.80. The maximum absolute atomic E-state index is 11.4. The summed E-state index contributed by atoms with van der Waals surface area (Å²) in [5.74, 6) is 0.663. The lowest BCUT2D eigenvalue weighted by molar-refractivity contribution is -0.140. The first-order chi connectivity index (χ1) is 16.6. The lowest BCUT2D eigenvalue weighted by Gasteiger charge is -2.25. The maximum Gasteiger partial charge on any atom is 0.333 e. The van der Waals surface area contributed by atoms with Gasteiger partial charge in [-0.1, -0.05) is 51.3 Å². The van der Waals surface area contributed by atoms with Crippen molar-refractivity contribution in [1.82, 2.24) is 0 Å². The second-order valence-corrected chi connectivity index (χ2v) is 9.34. The van der Waals surface area contributed by atoms with Gasteiger partial charge in [-0.2, -0.15) is 0 Å². The molecule has 0 aromatic heterocycles. The molecular formula is C29H36O6. The summed E-state index contributed by atoms with van der Waals surface area (Å²) in [4.78, 5) is 22.7. The predicted molar refractivity (Wildman–Crippen MR) is 137 cm³/mol. The third-order valence-electron chi connectivity index (χ3n) is 5.08. The molecule has 0 N–H and O–H groups in total. The predicted octanol–water partition coefficient (Wildman–Crippen LogP) is 5.49. The van der Waals surface area contributed by atoms with Crippen LogP contribution in [0.1, 0.15) is 38.8 Å². The Labute approximate surface area is 208 Å². The Hall–Kier alpha value is -3.54. The van der Waals surface area contributed by atoms with Crippen molar-refractivity contribution in [3.8, 4) is 11.5 Å². The molecule has 2 aromatic carbocycles. The second kappa shape index (κ2) is 13.4. The van der Waals surface area contributed by atoms with Crippen LogP contribution in [0, 0.1) is 5.41 Å². The Kier molecular flexibility index (Phi) is 10.6. The lowest BCUT2D eigenvalue weighted by Crippen LogP contribution is -2.18. The third kappa shape index (κ3) is 10.5. The van der Waals surface area contributed by atoms with Crippen molar-refractivity contribution < 1.29 is 28.5 Å². The molecule has 2 aromatic rings. The van der Waals surface area contributed by atoms with Gasteiger partial charge in [0.25, 0.3) is 0 Å². The quantitative estimate of drug-likeness (QED) is 0.202. The van der Waals surface area contributed by atoms with E-state index < -0.39 is 11.9 Å². The first-order valence-electron chi connectivity index (χ1n) is 11.6. The fourth-order valence-corrected chi connectivity index (χ4v) is 3.41. The Bertz CT molecular complexity index is 921. The standard InChI is InChI=1S/C29H36O6/c1-21(2)27(30)34-17-15-32-25-11-7-23(8-12-25)19-29(5,6)20-24-9-13-26(14-10-24)33-16-18-35-28(31)22(3)4/h7-14H,1,3,15-20H2,2,4-6H3. The molecule has 0 aliphatic carbocycles. The van der Waals surface area contributed by atoms with Crippen molar-refractivity contribution in [2.24, 2.45) is 5.41 Å². The zero-order chi connectivity index (χ0) is 25.8. The molecule has 0 saturated carbocycles. The number of rotatable bonds is 14. The van der Waals surface area contributed by atoms with E-state index in [1.165, 1.54) is 11.1 Å². The summed E-state index contributed by atoms with van der Waals surface area (Å²) < 4.78 is 21.3. The Morgan fingerprint density at radius 1 is 0.657 bits per heavy atom. The first kappa shape index (κ1) is 27.7. The normalized spacial score (nSPS) is 10.9. The molecule has 2 rings (SSSR count). The van der Waals surface area contributed by atoms with E-state index in [0.717, 1.165) is 24.3 Å². The van der Waals surface area contributed by atoms with E-state index in [0.29, 0.717) is 24.4 Å². The highest BCUT2D eigenvalue weighted by Crippen LogP contribution is 2.28. The van der Waals surface area contributed by atoms with Gasteiger partial charge in [-0.25, -0.2) is 9.59 Å². The van der Waals surface area contributed by atoms with Crippen molar-refractivity contribution in [1.29, 1.82) is 0 Å². The summed E-state index contributed by atoms with van der Waals surface area (Å²) in [5, 5.41) is 0. The SMILES string of the molecule is C=C(C)C(=O)OCCOc1ccc(CC(C)(C)Cc2ccc(OCCOC(=O)C(=C)C)cc2)cc1. The van der Waals surface area contributed by atoms with Crippen LogP contribution < -0.4 is 9.47 Å². The molecule has 0 bridgehead atoms. The van der Waals surface area contributed by atoms with Gasteiger partial charge in [-0.05, 0) is 67.5 Å². The van der Waals surface area contributed by atoms with Crippen LogP contribution in [0.25, 0.3) is 0 Å². The molecule has 35 heavy (non-hydrogen) atoms. The highest BCUT2D eigenvalue weighted by atomic mass is 16.6. The molecule has 0 amide bonds. The molecule has 0 saturated heterocycles. The van der Waals surface area contributed by atoms with E-state index in [-0.39, 0.29) is 18.6 Å².